The highest BCUT2D eigenvalue weighted by molar-refractivity contribution is 7.80. The number of nitrogens with zero attached hydrogens (tertiary/aromatic N) is 1. The van der Waals surface area contributed by atoms with Gasteiger partial charge in [0.1, 0.15) is 5.75 Å². The molecule has 1 aliphatic heterocycles. The largest absolute Gasteiger partial charge is 0.497 e. The molecule has 1 heterocycles. The van der Waals surface area contributed by atoms with E-state index >= 15 is 0 Å². The predicted molar refractivity (Wildman–Crippen MR) is 83.9 cm³/mol. The Morgan fingerprint density at radius 2 is 2.10 bits per heavy atom. The number of allylic oxidation sites excluding steroid dienone is 1. The summed E-state index contributed by atoms with van der Waals surface area (Å²) >= 11 is 5.32. The number of hydrogen-bond acceptors (Lipinski definition) is 4. The SMILES string of the molecule is COC(=O)C1=C(C)N(C)C(=S)N[C@H]1c1cccc(OC)c1. The summed E-state index contributed by atoms with van der Waals surface area (Å²) in [5.74, 6) is 0.350. The lowest BCUT2D eigenvalue weighted by Gasteiger charge is -2.35. The molecule has 1 aromatic rings. The second-order valence-electron chi connectivity index (χ2n) is 4.71. The Hall–Kier alpha value is -2.08. The van der Waals surface area contributed by atoms with E-state index in [9.17, 15) is 4.79 Å². The molecule has 0 aliphatic carbocycles. The van der Waals surface area contributed by atoms with Crippen molar-refractivity contribution < 1.29 is 14.3 Å². The van der Waals surface area contributed by atoms with Gasteiger partial charge in [-0.3, -0.25) is 0 Å². The zero-order chi connectivity index (χ0) is 15.6. The van der Waals surface area contributed by atoms with Crippen molar-refractivity contribution in [3.05, 3.63) is 41.1 Å². The first kappa shape index (κ1) is 15.3. The van der Waals surface area contributed by atoms with E-state index in [1.165, 1.54) is 7.11 Å². The zero-order valence-electron chi connectivity index (χ0n) is 12.5. The molecule has 5 nitrogen and oxygen atoms in total. The molecule has 0 saturated heterocycles. The second-order valence-corrected chi connectivity index (χ2v) is 5.10. The first-order valence-corrected chi connectivity index (χ1v) is 6.87. The van der Waals surface area contributed by atoms with Gasteiger partial charge in [-0.1, -0.05) is 12.1 Å². The molecule has 1 aromatic carbocycles. The third-order valence-corrected chi connectivity index (χ3v) is 3.98. The number of methoxy groups -OCH3 is 2. The summed E-state index contributed by atoms with van der Waals surface area (Å²) in [5.41, 5.74) is 2.21. The van der Waals surface area contributed by atoms with Crippen molar-refractivity contribution in [1.29, 1.82) is 0 Å². The lowest BCUT2D eigenvalue weighted by atomic mass is 9.95. The molecule has 0 aromatic heterocycles. The highest BCUT2D eigenvalue weighted by Crippen LogP contribution is 2.31. The van der Waals surface area contributed by atoms with Crippen molar-refractivity contribution >= 4 is 23.3 Å². The molecule has 0 unspecified atom stereocenters. The molecule has 0 fully saturated rings. The van der Waals surface area contributed by atoms with Crippen LogP contribution in [0.2, 0.25) is 0 Å². The van der Waals surface area contributed by atoms with Crippen LogP contribution in [0.15, 0.2) is 35.5 Å². The minimum Gasteiger partial charge on any atom is -0.497 e. The van der Waals surface area contributed by atoms with Crippen LogP contribution < -0.4 is 10.1 Å². The molecular formula is C15H18N2O3S. The van der Waals surface area contributed by atoms with Crippen LogP contribution in [0.1, 0.15) is 18.5 Å². The van der Waals surface area contributed by atoms with E-state index in [1.807, 2.05) is 38.2 Å². The van der Waals surface area contributed by atoms with Gasteiger partial charge >= 0.3 is 5.97 Å². The summed E-state index contributed by atoms with van der Waals surface area (Å²) in [6.07, 6.45) is 0. The van der Waals surface area contributed by atoms with E-state index in [4.69, 9.17) is 21.7 Å². The first-order chi connectivity index (χ1) is 9.99. The molecule has 0 amide bonds. The fourth-order valence-corrected chi connectivity index (χ4v) is 2.54. The molecule has 21 heavy (non-hydrogen) atoms. The summed E-state index contributed by atoms with van der Waals surface area (Å²) in [7, 11) is 4.79. The van der Waals surface area contributed by atoms with Gasteiger partial charge in [-0.05, 0) is 36.8 Å². The average Bonchev–Trinajstić information content (AvgIpc) is 2.51. The van der Waals surface area contributed by atoms with Gasteiger partial charge in [0.15, 0.2) is 5.11 Å². The van der Waals surface area contributed by atoms with E-state index in [-0.39, 0.29) is 12.0 Å². The fourth-order valence-electron chi connectivity index (χ4n) is 2.28. The van der Waals surface area contributed by atoms with Crippen molar-refractivity contribution in [1.82, 2.24) is 10.2 Å². The lowest BCUT2D eigenvalue weighted by Crippen LogP contribution is -2.46. The molecule has 0 saturated carbocycles. The Balaban J connectivity index is 2.53. The van der Waals surface area contributed by atoms with Gasteiger partial charge in [-0.25, -0.2) is 4.79 Å². The minimum absolute atomic E-state index is 0.351. The maximum Gasteiger partial charge on any atom is 0.337 e. The highest BCUT2D eigenvalue weighted by atomic mass is 32.1. The standard InChI is InChI=1S/C15H18N2O3S/c1-9-12(14(18)20-4)13(16-15(21)17(9)2)10-6-5-7-11(8-10)19-3/h5-8,13H,1-4H3,(H,16,21)/t13-/m0/s1. The molecule has 1 aliphatic rings. The Bertz CT molecular complexity index is 613. The molecule has 1 N–H and O–H groups in total. The number of carbonyl (C=O) groups is 1. The minimum atomic E-state index is -0.373. The smallest absolute Gasteiger partial charge is 0.337 e. The number of ether oxygens (including phenoxy) is 2. The van der Waals surface area contributed by atoms with Crippen molar-refractivity contribution in [3.63, 3.8) is 0 Å². The Morgan fingerprint density at radius 3 is 2.71 bits per heavy atom. The number of nitrogens with one attached hydrogen (secondary N) is 1. The van der Waals surface area contributed by atoms with Gasteiger partial charge in [0.25, 0.3) is 0 Å². The molecule has 6 heteroatoms. The van der Waals surface area contributed by atoms with Crippen molar-refractivity contribution in [3.8, 4) is 5.75 Å². The van der Waals surface area contributed by atoms with Crippen LogP contribution in [0.4, 0.5) is 0 Å². The van der Waals surface area contributed by atoms with Crippen LogP contribution in [0.3, 0.4) is 0 Å². The molecule has 0 spiro atoms. The van der Waals surface area contributed by atoms with E-state index in [0.717, 1.165) is 17.0 Å². The van der Waals surface area contributed by atoms with Crippen LogP contribution in [0.25, 0.3) is 0 Å². The van der Waals surface area contributed by atoms with Crippen molar-refractivity contribution in [2.75, 3.05) is 21.3 Å². The van der Waals surface area contributed by atoms with Crippen molar-refractivity contribution in [2.24, 2.45) is 0 Å². The second kappa shape index (κ2) is 6.13. The van der Waals surface area contributed by atoms with Gasteiger partial charge in [-0.2, -0.15) is 0 Å². The van der Waals surface area contributed by atoms with Crippen LogP contribution in [-0.4, -0.2) is 37.2 Å². The number of carbonyl (C=O) groups excluding carboxylic acids is 1. The number of esters is 1. The Labute approximate surface area is 129 Å². The van der Waals surface area contributed by atoms with Crippen LogP contribution in [0, 0.1) is 0 Å². The topological polar surface area (TPSA) is 50.8 Å². The van der Waals surface area contributed by atoms with Gasteiger partial charge in [0.05, 0.1) is 25.8 Å². The first-order valence-electron chi connectivity index (χ1n) is 6.46. The maximum absolute atomic E-state index is 12.1. The van der Waals surface area contributed by atoms with Gasteiger partial charge < -0.3 is 19.7 Å². The third-order valence-electron chi connectivity index (χ3n) is 3.59. The summed E-state index contributed by atoms with van der Waals surface area (Å²) < 4.78 is 10.2. The average molecular weight is 306 g/mol. The van der Waals surface area contributed by atoms with E-state index in [0.29, 0.717) is 10.7 Å². The van der Waals surface area contributed by atoms with Crippen LogP contribution in [0.5, 0.6) is 5.75 Å². The highest BCUT2D eigenvalue weighted by Gasteiger charge is 2.33. The van der Waals surface area contributed by atoms with Crippen LogP contribution in [-0.2, 0) is 9.53 Å². The van der Waals surface area contributed by atoms with E-state index in [2.05, 4.69) is 5.32 Å². The molecule has 112 valence electrons. The lowest BCUT2D eigenvalue weighted by molar-refractivity contribution is -0.136. The molecule has 1 atom stereocenters. The number of rotatable bonds is 3. The van der Waals surface area contributed by atoms with Gasteiger partial charge in [0, 0.05) is 12.7 Å². The fraction of sp³-hybridized carbons (Fsp3) is 0.333. The molecule has 0 radical (unpaired) electrons. The third kappa shape index (κ3) is 2.85. The van der Waals surface area contributed by atoms with E-state index in [1.54, 1.807) is 12.0 Å². The molecular weight excluding hydrogens is 288 g/mol. The summed E-state index contributed by atoms with van der Waals surface area (Å²) in [4.78, 5) is 13.9. The quantitative estimate of drug-likeness (QED) is 0.681. The maximum atomic E-state index is 12.1. The number of hydrogen-bond donors (Lipinski definition) is 1. The number of thiocarbonyl (C=S) groups is 1. The van der Waals surface area contributed by atoms with E-state index < -0.39 is 0 Å². The normalized spacial score (nSPS) is 18.4. The summed E-state index contributed by atoms with van der Waals surface area (Å²) in [6, 6.07) is 7.18. The number of benzene rings is 1. The summed E-state index contributed by atoms with van der Waals surface area (Å²) in [5, 5.41) is 3.74. The zero-order valence-corrected chi connectivity index (χ0v) is 13.3. The Kier molecular flexibility index (Phi) is 4.47. The monoisotopic (exact) mass is 306 g/mol. The molecule has 0 bridgehead atoms. The van der Waals surface area contributed by atoms with Crippen LogP contribution >= 0.6 is 12.2 Å². The summed E-state index contributed by atoms with van der Waals surface area (Å²) in [6.45, 7) is 1.85. The van der Waals surface area contributed by atoms with Crippen molar-refractivity contribution in [2.45, 2.75) is 13.0 Å². The van der Waals surface area contributed by atoms with Gasteiger partial charge in [-0.15, -0.1) is 0 Å². The molecule has 2 rings (SSSR count). The van der Waals surface area contributed by atoms with Gasteiger partial charge in [0.2, 0.25) is 0 Å². The Morgan fingerprint density at radius 1 is 1.38 bits per heavy atom. The predicted octanol–water partition coefficient (Wildman–Crippen LogP) is 2.00.